The molecule has 0 radical (unpaired) electrons. The summed E-state index contributed by atoms with van der Waals surface area (Å²) in [4.78, 5) is 34.3. The molecule has 1 saturated heterocycles. The van der Waals surface area contributed by atoms with Crippen molar-refractivity contribution in [3.63, 3.8) is 0 Å². The molecule has 1 aromatic heterocycles. The van der Waals surface area contributed by atoms with Gasteiger partial charge >= 0.3 is 0 Å². The van der Waals surface area contributed by atoms with Crippen LogP contribution in [0.1, 0.15) is 38.9 Å². The summed E-state index contributed by atoms with van der Waals surface area (Å²) in [5.74, 6) is 0.991. The summed E-state index contributed by atoms with van der Waals surface area (Å²) in [6.45, 7) is 7.58. The standard InChI is InChI=1S/C24H28N4O2/c1-4-26-15-18(14-22(26)29)24-25-20-12-8-9-13-21(20)27(24)16-23(30)28(17(2)3)19-10-6-5-7-11-19/h5-13,17-18H,4,14-16H2,1-3H3. The van der Waals surface area contributed by atoms with Gasteiger partial charge in [0, 0.05) is 37.2 Å². The third-order valence-electron chi connectivity index (χ3n) is 5.76. The largest absolute Gasteiger partial charge is 0.342 e. The molecule has 0 aliphatic carbocycles. The molecule has 0 saturated carbocycles. The van der Waals surface area contributed by atoms with E-state index in [9.17, 15) is 9.59 Å². The van der Waals surface area contributed by atoms with Gasteiger partial charge in [0.15, 0.2) is 0 Å². The average molecular weight is 405 g/mol. The molecule has 1 aliphatic heterocycles. The summed E-state index contributed by atoms with van der Waals surface area (Å²) in [6.07, 6.45) is 0.442. The molecule has 6 nitrogen and oxygen atoms in total. The second-order valence-corrected chi connectivity index (χ2v) is 8.07. The first-order valence-corrected chi connectivity index (χ1v) is 10.6. The number of likely N-dealkylation sites (tertiary alicyclic amines) is 1. The van der Waals surface area contributed by atoms with Crippen LogP contribution in [0, 0.1) is 0 Å². The quantitative estimate of drug-likeness (QED) is 0.628. The fourth-order valence-corrected chi connectivity index (χ4v) is 4.35. The summed E-state index contributed by atoms with van der Waals surface area (Å²) in [7, 11) is 0. The molecule has 4 rings (SSSR count). The second kappa shape index (κ2) is 8.30. The number of carbonyl (C=O) groups excluding carboxylic acids is 2. The van der Waals surface area contributed by atoms with Gasteiger partial charge < -0.3 is 14.4 Å². The lowest BCUT2D eigenvalue weighted by atomic mass is 10.1. The predicted octanol–water partition coefficient (Wildman–Crippen LogP) is 3.81. The molecule has 2 aromatic carbocycles. The maximum atomic E-state index is 13.4. The number of rotatable bonds is 6. The van der Waals surface area contributed by atoms with Crippen molar-refractivity contribution in [3.8, 4) is 0 Å². The van der Waals surface area contributed by atoms with Crippen LogP contribution in [0.15, 0.2) is 54.6 Å². The lowest BCUT2D eigenvalue weighted by molar-refractivity contribution is -0.127. The molecule has 1 atom stereocenters. The number of benzene rings is 2. The Hall–Kier alpha value is -3.15. The third kappa shape index (κ3) is 3.70. The number of hydrogen-bond donors (Lipinski definition) is 0. The van der Waals surface area contributed by atoms with E-state index in [2.05, 4.69) is 0 Å². The Kier molecular flexibility index (Phi) is 5.57. The van der Waals surface area contributed by atoms with E-state index in [1.165, 1.54) is 0 Å². The molecule has 1 aliphatic rings. The Balaban J connectivity index is 1.71. The lowest BCUT2D eigenvalue weighted by Gasteiger charge is -2.27. The van der Waals surface area contributed by atoms with Gasteiger partial charge in [-0.05, 0) is 45.0 Å². The zero-order valence-corrected chi connectivity index (χ0v) is 17.8. The van der Waals surface area contributed by atoms with E-state index in [4.69, 9.17) is 4.98 Å². The van der Waals surface area contributed by atoms with Gasteiger partial charge in [0.1, 0.15) is 12.4 Å². The number of amides is 2. The van der Waals surface area contributed by atoms with Crippen LogP contribution >= 0.6 is 0 Å². The fourth-order valence-electron chi connectivity index (χ4n) is 4.35. The highest BCUT2D eigenvalue weighted by molar-refractivity contribution is 5.94. The van der Waals surface area contributed by atoms with Crippen molar-refractivity contribution in [2.45, 2.75) is 45.7 Å². The van der Waals surface area contributed by atoms with Gasteiger partial charge in [-0.3, -0.25) is 9.59 Å². The monoisotopic (exact) mass is 404 g/mol. The zero-order valence-electron chi connectivity index (χ0n) is 17.8. The Labute approximate surface area is 177 Å². The first kappa shape index (κ1) is 20.1. The number of hydrogen-bond acceptors (Lipinski definition) is 3. The molecular weight excluding hydrogens is 376 g/mol. The van der Waals surface area contributed by atoms with E-state index >= 15 is 0 Å². The highest BCUT2D eigenvalue weighted by atomic mass is 16.2. The maximum Gasteiger partial charge on any atom is 0.247 e. The molecule has 0 bridgehead atoms. The Morgan fingerprint density at radius 1 is 1.13 bits per heavy atom. The third-order valence-corrected chi connectivity index (χ3v) is 5.76. The van der Waals surface area contributed by atoms with E-state index in [-0.39, 0.29) is 30.3 Å². The minimum absolute atomic E-state index is 0.00174. The first-order chi connectivity index (χ1) is 14.5. The Bertz CT molecular complexity index is 1060. The molecule has 0 N–H and O–H groups in total. The summed E-state index contributed by atoms with van der Waals surface area (Å²) in [5.41, 5.74) is 2.68. The molecule has 2 heterocycles. The van der Waals surface area contributed by atoms with E-state index < -0.39 is 0 Å². The van der Waals surface area contributed by atoms with E-state index in [0.29, 0.717) is 19.5 Å². The highest BCUT2D eigenvalue weighted by Gasteiger charge is 2.34. The minimum atomic E-state index is 0.00174. The van der Waals surface area contributed by atoms with Crippen molar-refractivity contribution in [3.05, 3.63) is 60.4 Å². The number of fused-ring (bicyclic) bond motifs is 1. The van der Waals surface area contributed by atoms with Gasteiger partial charge in [-0.2, -0.15) is 0 Å². The molecule has 30 heavy (non-hydrogen) atoms. The first-order valence-electron chi connectivity index (χ1n) is 10.6. The number of imidazole rings is 1. The van der Waals surface area contributed by atoms with Crippen LogP contribution in [0.5, 0.6) is 0 Å². The van der Waals surface area contributed by atoms with E-state index in [0.717, 1.165) is 22.5 Å². The van der Waals surface area contributed by atoms with Gasteiger partial charge in [-0.25, -0.2) is 4.98 Å². The highest BCUT2D eigenvalue weighted by Crippen LogP contribution is 2.30. The molecule has 3 aromatic rings. The summed E-state index contributed by atoms with van der Waals surface area (Å²) < 4.78 is 2.01. The second-order valence-electron chi connectivity index (χ2n) is 8.07. The number of anilines is 1. The number of nitrogens with zero attached hydrogens (tertiary/aromatic N) is 4. The normalized spacial score (nSPS) is 16.6. The minimum Gasteiger partial charge on any atom is -0.342 e. The van der Waals surface area contributed by atoms with Crippen molar-refractivity contribution < 1.29 is 9.59 Å². The van der Waals surface area contributed by atoms with Crippen molar-refractivity contribution >= 4 is 28.5 Å². The topological polar surface area (TPSA) is 58.4 Å². The molecule has 1 fully saturated rings. The fraction of sp³-hybridized carbons (Fsp3) is 0.375. The lowest BCUT2D eigenvalue weighted by Crippen LogP contribution is -2.39. The summed E-state index contributed by atoms with van der Waals surface area (Å²) in [5, 5.41) is 0. The van der Waals surface area contributed by atoms with Gasteiger partial charge in [-0.15, -0.1) is 0 Å². The number of likely N-dealkylation sites (N-methyl/N-ethyl adjacent to an activating group) is 1. The van der Waals surface area contributed by atoms with Gasteiger partial charge in [0.05, 0.1) is 11.0 Å². The van der Waals surface area contributed by atoms with Crippen LogP contribution in [0.2, 0.25) is 0 Å². The predicted molar refractivity (Wildman–Crippen MR) is 118 cm³/mol. The van der Waals surface area contributed by atoms with Crippen LogP contribution in [-0.4, -0.2) is 45.4 Å². The van der Waals surface area contributed by atoms with E-state index in [1.807, 2.05) is 89.7 Å². The van der Waals surface area contributed by atoms with Gasteiger partial charge in [0.2, 0.25) is 11.8 Å². The number of aromatic nitrogens is 2. The smallest absolute Gasteiger partial charge is 0.247 e. The Morgan fingerprint density at radius 2 is 1.83 bits per heavy atom. The van der Waals surface area contributed by atoms with Gasteiger partial charge in [-0.1, -0.05) is 30.3 Å². The molecule has 6 heteroatoms. The maximum absolute atomic E-state index is 13.4. The van der Waals surface area contributed by atoms with Crippen molar-refractivity contribution in [2.24, 2.45) is 0 Å². The SMILES string of the molecule is CCN1CC(c2nc3ccccc3n2CC(=O)N(c2ccccc2)C(C)C)CC1=O. The average Bonchev–Trinajstić information content (AvgIpc) is 3.29. The summed E-state index contributed by atoms with van der Waals surface area (Å²) >= 11 is 0. The van der Waals surface area contributed by atoms with Crippen LogP contribution in [0.3, 0.4) is 0 Å². The van der Waals surface area contributed by atoms with Crippen LogP contribution < -0.4 is 4.90 Å². The molecule has 156 valence electrons. The van der Waals surface area contributed by atoms with Gasteiger partial charge in [0.25, 0.3) is 0 Å². The molecular formula is C24H28N4O2. The number of para-hydroxylation sites is 3. The Morgan fingerprint density at radius 3 is 2.50 bits per heavy atom. The van der Waals surface area contributed by atoms with Crippen LogP contribution in [0.25, 0.3) is 11.0 Å². The molecule has 1 unspecified atom stereocenters. The zero-order chi connectivity index (χ0) is 21.3. The number of carbonyl (C=O) groups is 2. The van der Waals surface area contributed by atoms with Crippen LogP contribution in [-0.2, 0) is 16.1 Å². The summed E-state index contributed by atoms with van der Waals surface area (Å²) in [6, 6.07) is 17.7. The van der Waals surface area contributed by atoms with E-state index in [1.54, 1.807) is 0 Å². The molecule has 2 amide bonds. The van der Waals surface area contributed by atoms with Crippen LogP contribution in [0.4, 0.5) is 5.69 Å². The van der Waals surface area contributed by atoms with Crippen molar-refractivity contribution in [1.29, 1.82) is 0 Å². The molecule has 0 spiro atoms. The van der Waals surface area contributed by atoms with Crippen molar-refractivity contribution in [1.82, 2.24) is 14.5 Å². The van der Waals surface area contributed by atoms with Crippen molar-refractivity contribution in [2.75, 3.05) is 18.0 Å².